The summed E-state index contributed by atoms with van der Waals surface area (Å²) in [6.45, 7) is 16.0. The van der Waals surface area contributed by atoms with Gasteiger partial charge in [0.15, 0.2) is 0 Å². The average Bonchev–Trinajstić information content (AvgIpc) is 1.99. The molecule has 0 saturated carbocycles. The molecule has 0 unspecified atom stereocenters. The van der Waals surface area contributed by atoms with Crippen molar-refractivity contribution in [3.05, 3.63) is 0 Å². The molecule has 1 nitrogen and oxygen atoms in total. The van der Waals surface area contributed by atoms with Crippen LogP contribution in [0.1, 0.15) is 61.3 Å². The van der Waals surface area contributed by atoms with Crippen LogP contribution in [0.15, 0.2) is 0 Å². The molecule has 2 atom stereocenters. The fourth-order valence-electron chi connectivity index (χ4n) is 1.37. The first kappa shape index (κ1) is 14.0. The first-order valence-electron chi connectivity index (χ1n) is 5.98. The van der Waals surface area contributed by atoms with Gasteiger partial charge in [0.1, 0.15) is 0 Å². The Kier molecular flexibility index (Phi) is 5.73. The van der Waals surface area contributed by atoms with E-state index in [2.05, 4.69) is 53.8 Å². The van der Waals surface area contributed by atoms with E-state index >= 15 is 0 Å². The van der Waals surface area contributed by atoms with Crippen molar-refractivity contribution >= 4 is 0 Å². The molecule has 0 spiro atoms. The molecule has 0 heterocycles. The van der Waals surface area contributed by atoms with Crippen LogP contribution < -0.4 is 5.32 Å². The molecule has 0 aliphatic rings. The predicted octanol–water partition coefficient (Wildman–Crippen LogP) is 3.84. The van der Waals surface area contributed by atoms with Crippen molar-refractivity contribution in [2.24, 2.45) is 11.3 Å². The lowest BCUT2D eigenvalue weighted by Gasteiger charge is -2.26. The molecular weight excluding hydrogens is 170 g/mol. The van der Waals surface area contributed by atoms with E-state index in [1.807, 2.05) is 0 Å². The minimum absolute atomic E-state index is 0.469. The van der Waals surface area contributed by atoms with Gasteiger partial charge in [-0.15, -0.1) is 0 Å². The Bertz CT molecular complexity index is 144. The SMILES string of the molecule is CC(C)[C@H](C)N[C@H](C)CCC(C)(C)C. The molecule has 1 N–H and O–H groups in total. The lowest BCUT2D eigenvalue weighted by Crippen LogP contribution is -2.38. The molecule has 0 aromatic carbocycles. The van der Waals surface area contributed by atoms with Gasteiger partial charge < -0.3 is 5.32 Å². The van der Waals surface area contributed by atoms with Gasteiger partial charge >= 0.3 is 0 Å². The van der Waals surface area contributed by atoms with E-state index in [4.69, 9.17) is 0 Å². The van der Waals surface area contributed by atoms with Gasteiger partial charge in [-0.05, 0) is 38.0 Å². The standard InChI is InChI=1S/C13H29N/c1-10(2)12(4)14-11(3)8-9-13(5,6)7/h10-12,14H,8-9H2,1-7H3/t11-,12+/m1/s1. The average molecular weight is 199 g/mol. The summed E-state index contributed by atoms with van der Waals surface area (Å²) in [4.78, 5) is 0. The molecule has 0 bridgehead atoms. The topological polar surface area (TPSA) is 12.0 Å². The molecule has 0 rings (SSSR count). The fraction of sp³-hybridized carbons (Fsp3) is 1.00. The summed E-state index contributed by atoms with van der Waals surface area (Å²) < 4.78 is 0. The second-order valence-electron chi connectivity index (χ2n) is 6.20. The van der Waals surface area contributed by atoms with Crippen molar-refractivity contribution in [3.8, 4) is 0 Å². The molecule has 0 amide bonds. The van der Waals surface area contributed by atoms with Crippen LogP contribution in [0.5, 0.6) is 0 Å². The highest BCUT2D eigenvalue weighted by molar-refractivity contribution is 4.72. The zero-order valence-electron chi connectivity index (χ0n) is 11.1. The lowest BCUT2D eigenvalue weighted by molar-refractivity contribution is 0.310. The molecule has 0 radical (unpaired) electrons. The molecule has 0 aliphatic carbocycles. The zero-order chi connectivity index (χ0) is 11.4. The highest BCUT2D eigenvalue weighted by atomic mass is 14.9. The molecule has 86 valence electrons. The summed E-state index contributed by atoms with van der Waals surface area (Å²) in [6, 6.07) is 1.27. The summed E-state index contributed by atoms with van der Waals surface area (Å²) in [5, 5.41) is 3.65. The molecule has 0 saturated heterocycles. The second kappa shape index (κ2) is 5.75. The Morgan fingerprint density at radius 2 is 1.50 bits per heavy atom. The van der Waals surface area contributed by atoms with Crippen LogP contribution in [0.4, 0.5) is 0 Å². The van der Waals surface area contributed by atoms with Gasteiger partial charge in [0, 0.05) is 12.1 Å². The zero-order valence-corrected chi connectivity index (χ0v) is 11.1. The van der Waals surface area contributed by atoms with Crippen LogP contribution in [-0.4, -0.2) is 12.1 Å². The predicted molar refractivity (Wildman–Crippen MR) is 65.6 cm³/mol. The lowest BCUT2D eigenvalue weighted by atomic mass is 9.89. The molecule has 0 fully saturated rings. The van der Waals surface area contributed by atoms with Gasteiger partial charge in [-0.2, -0.15) is 0 Å². The van der Waals surface area contributed by atoms with Crippen molar-refractivity contribution in [2.75, 3.05) is 0 Å². The number of rotatable bonds is 5. The fourth-order valence-corrected chi connectivity index (χ4v) is 1.37. The van der Waals surface area contributed by atoms with E-state index in [1.165, 1.54) is 12.8 Å². The van der Waals surface area contributed by atoms with E-state index < -0.39 is 0 Å². The van der Waals surface area contributed by atoms with Crippen molar-refractivity contribution in [2.45, 2.75) is 73.4 Å². The molecule has 0 aromatic heterocycles. The van der Waals surface area contributed by atoms with Crippen LogP contribution in [0.2, 0.25) is 0 Å². The van der Waals surface area contributed by atoms with Crippen molar-refractivity contribution in [3.63, 3.8) is 0 Å². The van der Waals surface area contributed by atoms with Crippen LogP contribution in [-0.2, 0) is 0 Å². The maximum Gasteiger partial charge on any atom is 0.00642 e. The van der Waals surface area contributed by atoms with E-state index in [-0.39, 0.29) is 0 Å². The summed E-state index contributed by atoms with van der Waals surface area (Å²) in [5.41, 5.74) is 0.469. The van der Waals surface area contributed by atoms with Crippen molar-refractivity contribution in [1.29, 1.82) is 0 Å². The van der Waals surface area contributed by atoms with Gasteiger partial charge in [0.2, 0.25) is 0 Å². The molecule has 1 heteroatoms. The van der Waals surface area contributed by atoms with Crippen molar-refractivity contribution < 1.29 is 0 Å². The van der Waals surface area contributed by atoms with Crippen LogP contribution in [0.3, 0.4) is 0 Å². The maximum atomic E-state index is 3.65. The minimum Gasteiger partial charge on any atom is -0.312 e. The van der Waals surface area contributed by atoms with Crippen LogP contribution in [0, 0.1) is 11.3 Å². The van der Waals surface area contributed by atoms with Crippen molar-refractivity contribution in [1.82, 2.24) is 5.32 Å². The number of nitrogens with one attached hydrogen (secondary N) is 1. The van der Waals surface area contributed by atoms with E-state index in [9.17, 15) is 0 Å². The molecule has 0 aliphatic heterocycles. The Balaban J connectivity index is 3.71. The first-order valence-corrected chi connectivity index (χ1v) is 5.98. The smallest absolute Gasteiger partial charge is 0.00642 e. The largest absolute Gasteiger partial charge is 0.312 e. The first-order chi connectivity index (χ1) is 6.22. The monoisotopic (exact) mass is 199 g/mol. The second-order valence-corrected chi connectivity index (χ2v) is 6.20. The van der Waals surface area contributed by atoms with Gasteiger partial charge in [-0.3, -0.25) is 0 Å². The number of hydrogen-bond acceptors (Lipinski definition) is 1. The third kappa shape index (κ3) is 7.37. The summed E-state index contributed by atoms with van der Waals surface area (Å²) in [6.07, 6.45) is 2.58. The Morgan fingerprint density at radius 3 is 1.86 bits per heavy atom. The highest BCUT2D eigenvalue weighted by Gasteiger charge is 2.14. The highest BCUT2D eigenvalue weighted by Crippen LogP contribution is 2.21. The van der Waals surface area contributed by atoms with E-state index in [0.717, 1.165) is 5.92 Å². The van der Waals surface area contributed by atoms with Crippen LogP contribution >= 0.6 is 0 Å². The molecule has 14 heavy (non-hydrogen) atoms. The maximum absolute atomic E-state index is 3.65. The Morgan fingerprint density at radius 1 is 1.00 bits per heavy atom. The summed E-state index contributed by atoms with van der Waals surface area (Å²) in [7, 11) is 0. The number of hydrogen-bond donors (Lipinski definition) is 1. The third-order valence-corrected chi connectivity index (χ3v) is 2.87. The molecule has 0 aromatic rings. The van der Waals surface area contributed by atoms with E-state index in [0.29, 0.717) is 17.5 Å². The van der Waals surface area contributed by atoms with Gasteiger partial charge in [0.25, 0.3) is 0 Å². The Hall–Kier alpha value is -0.0400. The molecular formula is C13H29N. The minimum atomic E-state index is 0.469. The summed E-state index contributed by atoms with van der Waals surface area (Å²) >= 11 is 0. The third-order valence-electron chi connectivity index (χ3n) is 2.87. The van der Waals surface area contributed by atoms with Gasteiger partial charge in [-0.25, -0.2) is 0 Å². The van der Waals surface area contributed by atoms with Gasteiger partial charge in [0.05, 0.1) is 0 Å². The van der Waals surface area contributed by atoms with Crippen LogP contribution in [0.25, 0.3) is 0 Å². The quantitative estimate of drug-likeness (QED) is 0.709. The van der Waals surface area contributed by atoms with Gasteiger partial charge in [-0.1, -0.05) is 34.6 Å². The Labute approximate surface area is 90.7 Å². The van der Waals surface area contributed by atoms with E-state index in [1.54, 1.807) is 0 Å². The summed E-state index contributed by atoms with van der Waals surface area (Å²) in [5.74, 6) is 0.729. The normalized spacial score (nSPS) is 17.1.